The number of hydrogen-bond donors (Lipinski definition) is 0. The molecule has 1 heteroatoms. The van der Waals surface area contributed by atoms with Crippen LogP contribution >= 0.6 is 0 Å². The van der Waals surface area contributed by atoms with E-state index in [4.69, 9.17) is 4.74 Å². The van der Waals surface area contributed by atoms with Crippen molar-refractivity contribution in [2.75, 3.05) is 7.11 Å². The second-order valence-electron chi connectivity index (χ2n) is 3.90. The predicted molar refractivity (Wildman–Crippen MR) is 54.0 cm³/mol. The van der Waals surface area contributed by atoms with Gasteiger partial charge in [-0.1, -0.05) is 12.1 Å². The summed E-state index contributed by atoms with van der Waals surface area (Å²) in [5.41, 5.74) is 5.67. The highest BCUT2D eigenvalue weighted by molar-refractivity contribution is 5.41. The molecule has 1 aromatic rings. The molecular formula is C12H16O. The van der Waals surface area contributed by atoms with Crippen LogP contribution in [0.3, 0.4) is 0 Å². The Morgan fingerprint density at radius 3 is 2.62 bits per heavy atom. The van der Waals surface area contributed by atoms with E-state index in [1.165, 1.54) is 28.7 Å². The van der Waals surface area contributed by atoms with Crippen molar-refractivity contribution in [3.63, 3.8) is 0 Å². The summed E-state index contributed by atoms with van der Waals surface area (Å²) in [7, 11) is 1.80. The quantitative estimate of drug-likeness (QED) is 0.639. The zero-order chi connectivity index (χ0) is 9.42. The van der Waals surface area contributed by atoms with Gasteiger partial charge in [0, 0.05) is 7.11 Å². The van der Waals surface area contributed by atoms with Crippen molar-refractivity contribution in [1.29, 1.82) is 0 Å². The topological polar surface area (TPSA) is 9.23 Å². The van der Waals surface area contributed by atoms with E-state index in [9.17, 15) is 0 Å². The molecule has 13 heavy (non-hydrogen) atoms. The molecule has 1 aliphatic rings. The van der Waals surface area contributed by atoms with E-state index in [1.807, 2.05) is 0 Å². The molecule has 0 aliphatic heterocycles. The molecule has 0 radical (unpaired) electrons. The first-order valence-electron chi connectivity index (χ1n) is 4.85. The zero-order valence-corrected chi connectivity index (χ0v) is 8.55. The maximum absolute atomic E-state index is 5.43. The molecule has 0 heterocycles. The number of ether oxygens (including phenoxy) is 1. The number of methoxy groups -OCH3 is 1. The Labute approximate surface area is 79.7 Å². The van der Waals surface area contributed by atoms with Crippen molar-refractivity contribution in [1.82, 2.24) is 0 Å². The Morgan fingerprint density at radius 2 is 1.92 bits per heavy atom. The minimum atomic E-state index is 0.342. The molecule has 0 amide bonds. The minimum Gasteiger partial charge on any atom is -0.377 e. The summed E-state index contributed by atoms with van der Waals surface area (Å²) in [4.78, 5) is 0. The van der Waals surface area contributed by atoms with Crippen molar-refractivity contribution >= 4 is 0 Å². The Hall–Kier alpha value is -0.820. The summed E-state index contributed by atoms with van der Waals surface area (Å²) in [6, 6.07) is 4.59. The van der Waals surface area contributed by atoms with Gasteiger partial charge in [-0.2, -0.15) is 0 Å². The largest absolute Gasteiger partial charge is 0.377 e. The molecule has 70 valence electrons. The Bertz CT molecular complexity index is 328. The van der Waals surface area contributed by atoms with Gasteiger partial charge in [-0.05, 0) is 48.9 Å². The molecule has 1 unspecified atom stereocenters. The molecule has 1 nitrogen and oxygen atoms in total. The van der Waals surface area contributed by atoms with Gasteiger partial charge in [-0.25, -0.2) is 0 Å². The van der Waals surface area contributed by atoms with Crippen LogP contribution in [-0.2, 0) is 11.2 Å². The zero-order valence-electron chi connectivity index (χ0n) is 8.55. The Morgan fingerprint density at radius 1 is 1.23 bits per heavy atom. The fourth-order valence-electron chi connectivity index (χ4n) is 2.10. The van der Waals surface area contributed by atoms with Crippen LogP contribution in [0.15, 0.2) is 12.1 Å². The number of aryl methyl sites for hydroxylation is 3. The molecular weight excluding hydrogens is 160 g/mol. The number of hydrogen-bond acceptors (Lipinski definition) is 1. The first-order chi connectivity index (χ1) is 6.22. The van der Waals surface area contributed by atoms with E-state index in [0.717, 1.165) is 6.42 Å². The van der Waals surface area contributed by atoms with Crippen LogP contribution in [0.2, 0.25) is 0 Å². The van der Waals surface area contributed by atoms with E-state index >= 15 is 0 Å². The fourth-order valence-corrected chi connectivity index (χ4v) is 2.10. The van der Waals surface area contributed by atoms with Gasteiger partial charge < -0.3 is 4.74 Å². The number of fused-ring (bicyclic) bond motifs is 1. The highest BCUT2D eigenvalue weighted by Gasteiger charge is 2.22. The third kappa shape index (κ3) is 1.37. The van der Waals surface area contributed by atoms with Gasteiger partial charge in [0.25, 0.3) is 0 Å². The monoisotopic (exact) mass is 176 g/mol. The molecule has 1 aromatic carbocycles. The van der Waals surface area contributed by atoms with Gasteiger partial charge in [-0.3, -0.25) is 0 Å². The molecule has 0 N–H and O–H groups in total. The molecule has 0 spiro atoms. The lowest BCUT2D eigenvalue weighted by molar-refractivity contribution is 0.105. The van der Waals surface area contributed by atoms with E-state index in [0.29, 0.717) is 6.10 Å². The van der Waals surface area contributed by atoms with E-state index in [2.05, 4.69) is 26.0 Å². The summed E-state index contributed by atoms with van der Waals surface area (Å²) < 4.78 is 5.43. The molecule has 0 bridgehead atoms. The highest BCUT2D eigenvalue weighted by Crippen LogP contribution is 2.34. The third-order valence-electron chi connectivity index (χ3n) is 3.06. The summed E-state index contributed by atoms with van der Waals surface area (Å²) >= 11 is 0. The van der Waals surface area contributed by atoms with Crippen molar-refractivity contribution in [2.45, 2.75) is 32.8 Å². The molecule has 2 rings (SSSR count). The third-order valence-corrected chi connectivity index (χ3v) is 3.06. The number of rotatable bonds is 1. The van der Waals surface area contributed by atoms with Crippen molar-refractivity contribution in [3.05, 3.63) is 34.4 Å². The highest BCUT2D eigenvalue weighted by atomic mass is 16.5. The van der Waals surface area contributed by atoms with Gasteiger partial charge in [0.05, 0.1) is 6.10 Å². The van der Waals surface area contributed by atoms with Crippen LogP contribution < -0.4 is 0 Å². The maximum atomic E-state index is 5.43. The lowest BCUT2D eigenvalue weighted by Crippen LogP contribution is -1.96. The Balaban J connectivity index is 2.47. The lowest BCUT2D eigenvalue weighted by atomic mass is 10.0. The van der Waals surface area contributed by atoms with Crippen LogP contribution in [-0.4, -0.2) is 7.11 Å². The van der Waals surface area contributed by atoms with E-state index in [1.54, 1.807) is 7.11 Å². The maximum Gasteiger partial charge on any atom is 0.0827 e. The van der Waals surface area contributed by atoms with Crippen molar-refractivity contribution < 1.29 is 4.74 Å². The smallest absolute Gasteiger partial charge is 0.0827 e. The van der Waals surface area contributed by atoms with Gasteiger partial charge in [0.2, 0.25) is 0 Å². The summed E-state index contributed by atoms with van der Waals surface area (Å²) in [6.07, 6.45) is 2.67. The van der Waals surface area contributed by atoms with Crippen molar-refractivity contribution in [3.8, 4) is 0 Å². The second-order valence-corrected chi connectivity index (χ2v) is 3.90. The molecule has 1 aliphatic carbocycles. The minimum absolute atomic E-state index is 0.342. The lowest BCUT2D eigenvalue weighted by Gasteiger charge is -2.10. The Kier molecular flexibility index (Phi) is 2.12. The van der Waals surface area contributed by atoms with E-state index in [-0.39, 0.29) is 0 Å². The fraction of sp³-hybridized carbons (Fsp3) is 0.500. The summed E-state index contributed by atoms with van der Waals surface area (Å²) in [6.45, 7) is 4.34. The SMILES string of the molecule is COC1CCc2cc(C)c(C)cc21. The van der Waals surface area contributed by atoms with Gasteiger partial charge in [0.1, 0.15) is 0 Å². The van der Waals surface area contributed by atoms with E-state index < -0.39 is 0 Å². The summed E-state index contributed by atoms with van der Waals surface area (Å²) in [5.74, 6) is 0. The standard InChI is InChI=1S/C12H16O/c1-8-6-10-4-5-12(13-3)11(10)7-9(8)2/h6-7,12H,4-5H2,1-3H3. The normalized spacial score (nSPS) is 20.4. The van der Waals surface area contributed by atoms with Gasteiger partial charge in [0.15, 0.2) is 0 Å². The molecule has 1 atom stereocenters. The predicted octanol–water partition coefficient (Wildman–Crippen LogP) is 2.94. The van der Waals surface area contributed by atoms with Crippen LogP contribution in [0, 0.1) is 13.8 Å². The van der Waals surface area contributed by atoms with Crippen LogP contribution in [0.5, 0.6) is 0 Å². The molecule has 0 aromatic heterocycles. The van der Waals surface area contributed by atoms with Crippen molar-refractivity contribution in [2.24, 2.45) is 0 Å². The summed E-state index contributed by atoms with van der Waals surface area (Å²) in [5, 5.41) is 0. The molecule has 0 fully saturated rings. The molecule has 0 saturated carbocycles. The average molecular weight is 176 g/mol. The van der Waals surface area contributed by atoms with Crippen LogP contribution in [0.4, 0.5) is 0 Å². The first kappa shape index (κ1) is 8.76. The number of benzene rings is 1. The average Bonchev–Trinajstić information content (AvgIpc) is 2.48. The van der Waals surface area contributed by atoms with Gasteiger partial charge >= 0.3 is 0 Å². The second kappa shape index (κ2) is 3.15. The van der Waals surface area contributed by atoms with Crippen LogP contribution in [0.1, 0.15) is 34.8 Å². The van der Waals surface area contributed by atoms with Crippen LogP contribution in [0.25, 0.3) is 0 Å². The first-order valence-corrected chi connectivity index (χ1v) is 4.85. The van der Waals surface area contributed by atoms with Gasteiger partial charge in [-0.15, -0.1) is 0 Å². The molecule has 0 saturated heterocycles.